The summed E-state index contributed by atoms with van der Waals surface area (Å²) in [7, 11) is 0. The van der Waals surface area contributed by atoms with Crippen LogP contribution in [0, 0.1) is 11.8 Å². The maximum absolute atomic E-state index is 11.9. The normalized spacial score (nSPS) is 23.4. The first-order valence-corrected chi connectivity index (χ1v) is 8.76. The summed E-state index contributed by atoms with van der Waals surface area (Å²) in [6.45, 7) is 4.34. The number of carboxylic acids is 1. The van der Waals surface area contributed by atoms with Crippen molar-refractivity contribution in [2.75, 3.05) is 11.5 Å². The zero-order chi connectivity index (χ0) is 15.0. The lowest BCUT2D eigenvalue weighted by Crippen LogP contribution is -2.43. The number of rotatable bonds is 7. The number of aliphatic carboxylic acids is 1. The smallest absolute Gasteiger partial charge is 0.308 e. The van der Waals surface area contributed by atoms with Crippen LogP contribution in [-0.4, -0.2) is 34.5 Å². The Kier molecular flexibility index (Phi) is 8.04. The molecule has 0 unspecified atom stereocenters. The van der Waals surface area contributed by atoms with E-state index < -0.39 is 11.9 Å². The van der Waals surface area contributed by atoms with E-state index in [1.807, 2.05) is 0 Å². The highest BCUT2D eigenvalue weighted by atomic mass is 32.2. The topological polar surface area (TPSA) is 66.4 Å². The van der Waals surface area contributed by atoms with Gasteiger partial charge in [-0.05, 0) is 30.9 Å². The van der Waals surface area contributed by atoms with Gasteiger partial charge < -0.3 is 10.4 Å². The maximum Gasteiger partial charge on any atom is 0.308 e. The molecule has 5 heteroatoms. The summed E-state index contributed by atoms with van der Waals surface area (Å²) in [5, 5.41) is 12.2. The fourth-order valence-electron chi connectivity index (χ4n) is 2.51. The standard InChI is InChI=1S/C15H27NO3S/c1-11(2)8-9-20-10-14(17)16-13-7-5-3-4-6-12(13)15(18)19/h11-13H,3-10H2,1-2H3,(H,16,17)(H,18,19)/t12-,13+/m1/s1. The molecule has 0 aliphatic heterocycles. The van der Waals surface area contributed by atoms with Crippen LogP contribution in [0.3, 0.4) is 0 Å². The Morgan fingerprint density at radius 1 is 1.25 bits per heavy atom. The molecule has 2 atom stereocenters. The van der Waals surface area contributed by atoms with Crippen molar-refractivity contribution >= 4 is 23.6 Å². The highest BCUT2D eigenvalue weighted by Gasteiger charge is 2.30. The van der Waals surface area contributed by atoms with Gasteiger partial charge in [-0.3, -0.25) is 9.59 Å². The molecule has 1 saturated carbocycles. The Morgan fingerprint density at radius 3 is 2.60 bits per heavy atom. The lowest BCUT2D eigenvalue weighted by Gasteiger charge is -2.22. The summed E-state index contributed by atoms with van der Waals surface area (Å²) in [6.07, 6.45) is 5.61. The average molecular weight is 301 g/mol. The third-order valence-electron chi connectivity index (χ3n) is 3.75. The number of hydrogen-bond donors (Lipinski definition) is 2. The molecule has 1 amide bonds. The van der Waals surface area contributed by atoms with Crippen molar-refractivity contribution in [2.24, 2.45) is 11.8 Å². The lowest BCUT2D eigenvalue weighted by atomic mass is 9.95. The van der Waals surface area contributed by atoms with E-state index in [2.05, 4.69) is 19.2 Å². The van der Waals surface area contributed by atoms with Crippen molar-refractivity contribution in [1.82, 2.24) is 5.32 Å². The molecule has 0 aromatic carbocycles. The first kappa shape index (κ1) is 17.3. The van der Waals surface area contributed by atoms with E-state index in [4.69, 9.17) is 0 Å². The molecule has 1 rings (SSSR count). The average Bonchev–Trinajstić information content (AvgIpc) is 2.60. The van der Waals surface area contributed by atoms with E-state index in [0.29, 0.717) is 18.1 Å². The molecule has 0 bridgehead atoms. The van der Waals surface area contributed by atoms with Crippen molar-refractivity contribution in [3.8, 4) is 0 Å². The minimum absolute atomic E-state index is 0.0168. The van der Waals surface area contributed by atoms with Crippen molar-refractivity contribution in [3.05, 3.63) is 0 Å². The van der Waals surface area contributed by atoms with Crippen LogP contribution in [0.1, 0.15) is 52.4 Å². The highest BCUT2D eigenvalue weighted by Crippen LogP contribution is 2.24. The second kappa shape index (κ2) is 9.27. The van der Waals surface area contributed by atoms with Crippen LogP contribution < -0.4 is 5.32 Å². The van der Waals surface area contributed by atoms with Crippen molar-refractivity contribution < 1.29 is 14.7 Å². The van der Waals surface area contributed by atoms with Crippen LogP contribution in [0.2, 0.25) is 0 Å². The van der Waals surface area contributed by atoms with Crippen LogP contribution in [0.5, 0.6) is 0 Å². The lowest BCUT2D eigenvalue weighted by molar-refractivity contribution is -0.143. The predicted molar refractivity (Wildman–Crippen MR) is 82.9 cm³/mol. The fraction of sp³-hybridized carbons (Fsp3) is 0.867. The molecule has 0 aromatic rings. The van der Waals surface area contributed by atoms with E-state index in [1.54, 1.807) is 11.8 Å². The van der Waals surface area contributed by atoms with Crippen molar-refractivity contribution in [1.29, 1.82) is 0 Å². The van der Waals surface area contributed by atoms with E-state index in [1.165, 1.54) is 0 Å². The van der Waals surface area contributed by atoms with Crippen LogP contribution >= 0.6 is 11.8 Å². The molecule has 1 aliphatic rings. The SMILES string of the molecule is CC(C)CCSCC(=O)N[C@H]1CCCCC[C@H]1C(=O)O. The Balaban J connectivity index is 2.35. The second-order valence-corrected chi connectivity index (χ2v) is 7.10. The maximum atomic E-state index is 11.9. The Labute approximate surface area is 126 Å². The molecule has 0 radical (unpaired) electrons. The number of carbonyl (C=O) groups is 2. The van der Waals surface area contributed by atoms with Crippen LogP contribution in [0.4, 0.5) is 0 Å². The van der Waals surface area contributed by atoms with Crippen LogP contribution in [0.25, 0.3) is 0 Å². The first-order chi connectivity index (χ1) is 9.50. The summed E-state index contributed by atoms with van der Waals surface area (Å²) in [4.78, 5) is 23.2. The number of hydrogen-bond acceptors (Lipinski definition) is 3. The Hall–Kier alpha value is -0.710. The number of carbonyl (C=O) groups excluding carboxylic acids is 1. The second-order valence-electron chi connectivity index (χ2n) is 5.99. The molecular weight excluding hydrogens is 274 g/mol. The summed E-state index contributed by atoms with van der Waals surface area (Å²) in [6, 6.07) is -0.187. The van der Waals surface area contributed by atoms with E-state index in [9.17, 15) is 14.7 Å². The summed E-state index contributed by atoms with van der Waals surface area (Å²) < 4.78 is 0. The molecular formula is C15H27NO3S. The highest BCUT2D eigenvalue weighted by molar-refractivity contribution is 7.99. The largest absolute Gasteiger partial charge is 0.481 e. The van der Waals surface area contributed by atoms with Gasteiger partial charge in [-0.25, -0.2) is 0 Å². The molecule has 2 N–H and O–H groups in total. The van der Waals surface area contributed by atoms with Crippen LogP contribution in [-0.2, 0) is 9.59 Å². The minimum Gasteiger partial charge on any atom is -0.481 e. The molecule has 1 aliphatic carbocycles. The van der Waals surface area contributed by atoms with E-state index >= 15 is 0 Å². The summed E-state index contributed by atoms with van der Waals surface area (Å²) in [5.74, 6) is 0.876. The zero-order valence-corrected chi connectivity index (χ0v) is 13.4. The van der Waals surface area contributed by atoms with E-state index in [-0.39, 0.29) is 11.9 Å². The first-order valence-electron chi connectivity index (χ1n) is 7.60. The van der Waals surface area contributed by atoms with Gasteiger partial charge in [0, 0.05) is 6.04 Å². The van der Waals surface area contributed by atoms with Gasteiger partial charge in [0.15, 0.2) is 0 Å². The molecule has 0 heterocycles. The number of nitrogens with one attached hydrogen (secondary N) is 1. The Bertz CT molecular complexity index is 320. The number of thioether (sulfide) groups is 1. The van der Waals surface area contributed by atoms with E-state index in [0.717, 1.165) is 37.9 Å². The van der Waals surface area contributed by atoms with Crippen LogP contribution in [0.15, 0.2) is 0 Å². The molecule has 0 aromatic heterocycles. The zero-order valence-electron chi connectivity index (χ0n) is 12.6. The van der Waals surface area contributed by atoms with Crippen molar-refractivity contribution in [3.63, 3.8) is 0 Å². The van der Waals surface area contributed by atoms with Gasteiger partial charge in [0.05, 0.1) is 11.7 Å². The number of carboxylic acid groups (broad SMARTS) is 1. The molecule has 20 heavy (non-hydrogen) atoms. The molecule has 0 saturated heterocycles. The monoisotopic (exact) mass is 301 g/mol. The third kappa shape index (κ3) is 6.64. The van der Waals surface area contributed by atoms with Gasteiger partial charge in [0.25, 0.3) is 0 Å². The number of amides is 1. The molecule has 116 valence electrons. The van der Waals surface area contributed by atoms with Crippen molar-refractivity contribution in [2.45, 2.75) is 58.4 Å². The summed E-state index contributed by atoms with van der Waals surface area (Å²) in [5.41, 5.74) is 0. The quantitative estimate of drug-likeness (QED) is 0.560. The minimum atomic E-state index is -0.773. The van der Waals surface area contributed by atoms with Gasteiger partial charge in [-0.1, -0.05) is 33.1 Å². The molecule has 4 nitrogen and oxygen atoms in total. The van der Waals surface area contributed by atoms with Gasteiger partial charge >= 0.3 is 5.97 Å². The third-order valence-corrected chi connectivity index (χ3v) is 4.74. The van der Waals surface area contributed by atoms with Gasteiger partial charge in [-0.2, -0.15) is 11.8 Å². The predicted octanol–water partition coefficient (Wildman–Crippen LogP) is 2.92. The fourth-order valence-corrected chi connectivity index (χ4v) is 3.56. The van der Waals surface area contributed by atoms with Gasteiger partial charge in [-0.15, -0.1) is 0 Å². The van der Waals surface area contributed by atoms with Gasteiger partial charge in [0.1, 0.15) is 0 Å². The Morgan fingerprint density at radius 2 is 1.95 bits per heavy atom. The summed E-state index contributed by atoms with van der Waals surface area (Å²) >= 11 is 1.63. The van der Waals surface area contributed by atoms with Gasteiger partial charge in [0.2, 0.25) is 5.91 Å². The molecule has 1 fully saturated rings. The molecule has 0 spiro atoms.